The number of benzene rings is 6. The summed E-state index contributed by atoms with van der Waals surface area (Å²) in [7, 11) is 1.69. The highest BCUT2D eigenvalue weighted by Crippen LogP contribution is 2.38. The van der Waals surface area contributed by atoms with Gasteiger partial charge in [-0.1, -0.05) is 172 Å². The summed E-state index contributed by atoms with van der Waals surface area (Å²) in [5, 5.41) is 4.67. The Bertz CT molecular complexity index is 2890. The Morgan fingerprint density at radius 3 is 1.78 bits per heavy atom. The van der Waals surface area contributed by atoms with Gasteiger partial charge in [0.1, 0.15) is 5.75 Å². The number of hydrogen-bond acceptors (Lipinski definition) is 4. The van der Waals surface area contributed by atoms with Crippen molar-refractivity contribution in [1.29, 1.82) is 0 Å². The van der Waals surface area contributed by atoms with Crippen LogP contribution in [0, 0.1) is 6.92 Å². The molecule has 68 heavy (non-hydrogen) atoms. The van der Waals surface area contributed by atoms with Crippen LogP contribution in [-0.4, -0.2) is 18.3 Å². The van der Waals surface area contributed by atoms with Crippen LogP contribution in [0.2, 0.25) is 0 Å². The molecule has 0 bridgehead atoms. The number of aryl methyl sites for hydroxylation is 1. The summed E-state index contributed by atoms with van der Waals surface area (Å²) in [6.45, 7) is 32.0. The van der Waals surface area contributed by atoms with Crippen molar-refractivity contribution in [2.45, 2.75) is 87.5 Å². The molecule has 348 valence electrons. The minimum absolute atomic E-state index is 0.445. The van der Waals surface area contributed by atoms with Gasteiger partial charge in [0.25, 0.3) is 0 Å². The van der Waals surface area contributed by atoms with Crippen molar-refractivity contribution in [3.05, 3.63) is 206 Å². The van der Waals surface area contributed by atoms with Crippen LogP contribution in [0.1, 0.15) is 109 Å². The zero-order valence-electron chi connectivity index (χ0n) is 42.2. The Morgan fingerprint density at radius 1 is 0.632 bits per heavy atom. The lowest BCUT2D eigenvalue weighted by Crippen LogP contribution is -1.98. The van der Waals surface area contributed by atoms with E-state index in [0.717, 1.165) is 97.6 Å². The molecule has 4 heteroatoms. The maximum Gasteiger partial charge on any atom is 0.126 e. The highest BCUT2D eigenvalue weighted by molar-refractivity contribution is 6.09. The van der Waals surface area contributed by atoms with Crippen molar-refractivity contribution in [2.24, 2.45) is 5.10 Å². The second kappa shape index (κ2) is 25.6. The first-order valence-electron chi connectivity index (χ1n) is 24.3. The van der Waals surface area contributed by atoms with E-state index in [1.165, 1.54) is 33.4 Å². The fraction of sp³-hybridized carbons (Fsp3) is 0.219. The second-order valence-electron chi connectivity index (χ2n) is 16.4. The van der Waals surface area contributed by atoms with Crippen LogP contribution in [0.25, 0.3) is 72.4 Å². The van der Waals surface area contributed by atoms with Gasteiger partial charge in [-0.3, -0.25) is 10.4 Å². The Labute approximate surface area is 408 Å². The summed E-state index contributed by atoms with van der Waals surface area (Å²) in [6, 6.07) is 49.8. The van der Waals surface area contributed by atoms with Crippen LogP contribution in [0.15, 0.2) is 183 Å². The van der Waals surface area contributed by atoms with Crippen LogP contribution < -0.4 is 10.2 Å². The normalized spacial score (nSPS) is 11.3. The average molecular weight is 898 g/mol. The van der Waals surface area contributed by atoms with Crippen molar-refractivity contribution >= 4 is 28.6 Å². The van der Waals surface area contributed by atoms with Crippen LogP contribution in [0.5, 0.6) is 5.75 Å². The molecule has 0 aliphatic carbocycles. The third-order valence-corrected chi connectivity index (χ3v) is 12.1. The summed E-state index contributed by atoms with van der Waals surface area (Å²) in [5.41, 5.74) is 23.9. The number of ether oxygens (including phenoxy) is 1. The highest BCUT2D eigenvalue weighted by atomic mass is 16.5. The number of methoxy groups -OCH3 is 1. The number of anilines is 1. The van der Waals surface area contributed by atoms with Gasteiger partial charge in [-0.05, 0) is 165 Å². The molecule has 0 aliphatic heterocycles. The molecule has 1 N–H and O–H groups in total. The number of aromatic nitrogens is 1. The maximum absolute atomic E-state index is 5.66. The first-order valence-corrected chi connectivity index (χ1v) is 24.3. The minimum atomic E-state index is 0.445. The van der Waals surface area contributed by atoms with Crippen molar-refractivity contribution < 1.29 is 4.74 Å². The third kappa shape index (κ3) is 12.6. The van der Waals surface area contributed by atoms with E-state index in [0.29, 0.717) is 5.92 Å². The van der Waals surface area contributed by atoms with Gasteiger partial charge in [0.2, 0.25) is 0 Å². The van der Waals surface area contributed by atoms with Crippen molar-refractivity contribution in [2.75, 3.05) is 12.5 Å². The number of nitrogens with zero attached hydrogens (tertiary/aromatic N) is 2. The highest BCUT2D eigenvalue weighted by Gasteiger charge is 2.16. The lowest BCUT2D eigenvalue weighted by atomic mass is 9.87. The van der Waals surface area contributed by atoms with Gasteiger partial charge in [0.15, 0.2) is 0 Å². The molecule has 0 radical (unpaired) electrons. The van der Waals surface area contributed by atoms with Crippen molar-refractivity contribution in [3.8, 4) is 61.4 Å². The van der Waals surface area contributed by atoms with Gasteiger partial charge in [0, 0.05) is 28.6 Å². The van der Waals surface area contributed by atoms with Gasteiger partial charge < -0.3 is 4.74 Å². The van der Waals surface area contributed by atoms with Crippen LogP contribution in [0.4, 0.5) is 5.69 Å². The molecule has 7 rings (SSSR count). The minimum Gasteiger partial charge on any atom is -0.496 e. The Hall–Kier alpha value is -7.30. The van der Waals surface area contributed by atoms with Crippen molar-refractivity contribution in [3.63, 3.8) is 0 Å². The lowest BCUT2D eigenvalue weighted by Gasteiger charge is -2.18. The fourth-order valence-electron chi connectivity index (χ4n) is 8.09. The molecule has 1 unspecified atom stereocenters. The van der Waals surface area contributed by atoms with E-state index in [4.69, 9.17) is 4.74 Å². The number of allylic oxidation sites excluding steroid dienone is 5. The smallest absolute Gasteiger partial charge is 0.126 e. The first kappa shape index (κ1) is 51.7. The van der Waals surface area contributed by atoms with E-state index in [1.54, 1.807) is 13.3 Å². The SMILES string of the molecule is C=C(/C=N\Nc1ccc(-c2cccc(-c3cccc(-c4ccc(C(C)CC)c(-c5cccnc5C)c4)c3)c2)cc1C(=C)CC)c1cccc(-c2ccc(OC)c(C(=C)/C=C\CC)c2)c1.CC.CC. The standard InChI is InChI=1S/C60H59N3O.2C2H6/c1-10-13-18-42(6)57-37-53(28-31-60(57)64-9)46-20-14-19-45(33-46)43(7)39-62-63-59-30-27-52(36-56(59)41(5)12-3)50-24-16-22-48(35-50)47-21-15-23-49(34-47)51-26-29-54(40(4)11-2)58(38-51)55-25-17-32-61-44(55)8;2*1-2/h13-40,63H,5-7,10-12H2,1-4,8-9H3;2*1-2H3/b18-13-,62-39-;;. The lowest BCUT2D eigenvalue weighted by molar-refractivity contribution is 0.413. The first-order chi connectivity index (χ1) is 33.1. The predicted molar refractivity (Wildman–Crippen MR) is 299 cm³/mol. The van der Waals surface area contributed by atoms with Crippen LogP contribution in [-0.2, 0) is 0 Å². The Balaban J connectivity index is 0.00000210. The number of rotatable bonds is 17. The molecule has 1 heterocycles. The Kier molecular flexibility index (Phi) is 19.4. The molecule has 0 amide bonds. The zero-order chi connectivity index (χ0) is 49.2. The van der Waals surface area contributed by atoms with Gasteiger partial charge in [-0.15, -0.1) is 0 Å². The topological polar surface area (TPSA) is 46.5 Å². The summed E-state index contributed by atoms with van der Waals surface area (Å²) in [6.07, 6.45) is 10.6. The number of hydrogen-bond donors (Lipinski definition) is 1. The van der Waals surface area contributed by atoms with E-state index in [2.05, 4.69) is 197 Å². The number of pyridine rings is 1. The fourth-order valence-corrected chi connectivity index (χ4v) is 8.09. The zero-order valence-corrected chi connectivity index (χ0v) is 42.2. The molecule has 0 spiro atoms. The van der Waals surface area contributed by atoms with Crippen LogP contribution in [0.3, 0.4) is 0 Å². The average Bonchev–Trinajstić information content (AvgIpc) is 3.40. The molecule has 0 saturated carbocycles. The van der Waals surface area contributed by atoms with Gasteiger partial charge >= 0.3 is 0 Å². The van der Waals surface area contributed by atoms with E-state index in [-0.39, 0.29) is 0 Å². The largest absolute Gasteiger partial charge is 0.496 e. The Morgan fingerprint density at radius 2 is 1.19 bits per heavy atom. The van der Waals surface area contributed by atoms with Gasteiger partial charge in [0.05, 0.1) is 19.0 Å². The summed E-state index contributed by atoms with van der Waals surface area (Å²) < 4.78 is 5.66. The van der Waals surface area contributed by atoms with Gasteiger partial charge in [-0.2, -0.15) is 5.10 Å². The monoisotopic (exact) mass is 898 g/mol. The van der Waals surface area contributed by atoms with Crippen molar-refractivity contribution in [1.82, 2.24) is 4.98 Å². The predicted octanol–water partition coefficient (Wildman–Crippen LogP) is 18.8. The molecule has 1 aromatic heterocycles. The van der Waals surface area contributed by atoms with E-state index < -0.39 is 0 Å². The molecule has 6 aromatic carbocycles. The molecule has 7 aromatic rings. The number of hydrazone groups is 1. The van der Waals surface area contributed by atoms with E-state index in [1.807, 2.05) is 58.2 Å². The van der Waals surface area contributed by atoms with E-state index >= 15 is 0 Å². The molecule has 0 saturated heterocycles. The van der Waals surface area contributed by atoms with E-state index in [9.17, 15) is 0 Å². The van der Waals surface area contributed by atoms with Crippen LogP contribution >= 0.6 is 0 Å². The third-order valence-electron chi connectivity index (χ3n) is 12.1. The summed E-state index contributed by atoms with van der Waals surface area (Å²) in [4.78, 5) is 4.63. The molecule has 0 aliphatic rings. The molecule has 0 fully saturated rings. The molecular weight excluding hydrogens is 827 g/mol. The quantitative estimate of drug-likeness (QED) is 0.0563. The summed E-state index contributed by atoms with van der Waals surface area (Å²) in [5.74, 6) is 1.24. The molecule has 4 nitrogen and oxygen atoms in total. The maximum atomic E-state index is 5.66. The second-order valence-corrected chi connectivity index (χ2v) is 16.4. The molecular formula is C64H71N3O. The van der Waals surface area contributed by atoms with Gasteiger partial charge in [-0.25, -0.2) is 0 Å². The molecule has 1 atom stereocenters. The summed E-state index contributed by atoms with van der Waals surface area (Å²) >= 11 is 0. The number of nitrogens with one attached hydrogen (secondary N) is 1.